The molecule has 2 aromatic carbocycles. The number of carbonyl (C=O) groups is 1. The molecule has 0 saturated carbocycles. The molecule has 3 heteroatoms. The maximum absolute atomic E-state index is 13.7. The van der Waals surface area contributed by atoms with Crippen LogP contribution >= 0.6 is 0 Å². The molecule has 1 aliphatic rings. The van der Waals surface area contributed by atoms with E-state index in [1.165, 1.54) is 11.6 Å². The van der Waals surface area contributed by atoms with Gasteiger partial charge in [-0.15, -0.1) is 0 Å². The summed E-state index contributed by atoms with van der Waals surface area (Å²) < 4.78 is 13.7. The van der Waals surface area contributed by atoms with Gasteiger partial charge in [-0.1, -0.05) is 36.4 Å². The van der Waals surface area contributed by atoms with Crippen LogP contribution in [0.25, 0.3) is 0 Å². The number of anilines is 1. The topological polar surface area (TPSA) is 20.3 Å². The van der Waals surface area contributed by atoms with E-state index >= 15 is 0 Å². The largest absolute Gasteiger partial charge is 0.309 e. The van der Waals surface area contributed by atoms with Crippen LogP contribution in [0, 0.1) is 5.82 Å². The van der Waals surface area contributed by atoms with Gasteiger partial charge in [0.05, 0.1) is 6.42 Å². The molecule has 0 bridgehead atoms. The number of amides is 1. The Kier molecular flexibility index (Phi) is 3.26. The fourth-order valence-electron chi connectivity index (χ4n) is 2.84. The van der Waals surface area contributed by atoms with Gasteiger partial charge in [0.1, 0.15) is 5.82 Å². The molecule has 0 unspecified atom stereocenters. The van der Waals surface area contributed by atoms with Crippen LogP contribution in [0.3, 0.4) is 0 Å². The fraction of sp³-hybridized carbons (Fsp3) is 0.235. The number of carbonyl (C=O) groups excluding carboxylic acids is 1. The summed E-state index contributed by atoms with van der Waals surface area (Å²) in [4.78, 5) is 14.3. The number of benzene rings is 2. The molecule has 1 atom stereocenters. The van der Waals surface area contributed by atoms with Crippen LogP contribution in [-0.2, 0) is 17.6 Å². The first-order valence-electron chi connectivity index (χ1n) is 6.80. The summed E-state index contributed by atoms with van der Waals surface area (Å²) in [5, 5.41) is 0. The van der Waals surface area contributed by atoms with Gasteiger partial charge in [-0.3, -0.25) is 4.79 Å². The van der Waals surface area contributed by atoms with E-state index in [0.29, 0.717) is 5.56 Å². The standard InChI is InChI=1S/C17H16FNO/c1-12-10-14-7-3-5-9-16(14)19(12)17(20)11-13-6-2-4-8-15(13)18/h2-9,12H,10-11H2,1H3/t12-/m0/s1. The predicted octanol–water partition coefficient (Wildman–Crippen LogP) is 3.35. The molecule has 2 nitrogen and oxygen atoms in total. The van der Waals surface area contributed by atoms with Gasteiger partial charge in [-0.2, -0.15) is 0 Å². The Balaban J connectivity index is 1.86. The highest BCUT2D eigenvalue weighted by Crippen LogP contribution is 2.32. The Labute approximate surface area is 117 Å². The van der Waals surface area contributed by atoms with Gasteiger partial charge >= 0.3 is 0 Å². The van der Waals surface area contributed by atoms with E-state index in [0.717, 1.165) is 12.1 Å². The first-order chi connectivity index (χ1) is 9.66. The summed E-state index contributed by atoms with van der Waals surface area (Å²) in [5.41, 5.74) is 2.59. The molecular formula is C17H16FNO. The summed E-state index contributed by atoms with van der Waals surface area (Å²) >= 11 is 0. The highest BCUT2D eigenvalue weighted by atomic mass is 19.1. The van der Waals surface area contributed by atoms with E-state index in [1.54, 1.807) is 23.1 Å². The number of nitrogens with zero attached hydrogens (tertiary/aromatic N) is 1. The SMILES string of the molecule is C[C@H]1Cc2ccccc2N1C(=O)Cc1ccccc1F. The summed E-state index contributed by atoms with van der Waals surface area (Å²) in [5.74, 6) is -0.367. The van der Waals surface area contributed by atoms with E-state index < -0.39 is 0 Å². The molecule has 2 aromatic rings. The van der Waals surface area contributed by atoms with E-state index in [-0.39, 0.29) is 24.2 Å². The molecule has 0 radical (unpaired) electrons. The number of hydrogen-bond donors (Lipinski definition) is 0. The Bertz CT molecular complexity index is 653. The first kappa shape index (κ1) is 12.9. The van der Waals surface area contributed by atoms with E-state index in [2.05, 4.69) is 0 Å². The Hall–Kier alpha value is -2.16. The van der Waals surface area contributed by atoms with Crippen molar-refractivity contribution in [2.45, 2.75) is 25.8 Å². The molecule has 0 aromatic heterocycles. The first-order valence-corrected chi connectivity index (χ1v) is 6.80. The lowest BCUT2D eigenvalue weighted by molar-refractivity contribution is -0.118. The van der Waals surface area contributed by atoms with Crippen LogP contribution < -0.4 is 4.90 Å². The second-order valence-corrected chi connectivity index (χ2v) is 5.21. The average molecular weight is 269 g/mol. The zero-order valence-electron chi connectivity index (χ0n) is 11.3. The van der Waals surface area contributed by atoms with Crippen molar-refractivity contribution in [2.75, 3.05) is 4.90 Å². The number of halogens is 1. The Morgan fingerprint density at radius 2 is 1.90 bits per heavy atom. The number of rotatable bonds is 2. The third-order valence-corrected chi connectivity index (χ3v) is 3.78. The molecule has 0 spiro atoms. The lowest BCUT2D eigenvalue weighted by Gasteiger charge is -2.23. The minimum absolute atomic E-state index is 0.0486. The predicted molar refractivity (Wildman–Crippen MR) is 77.2 cm³/mol. The van der Waals surface area contributed by atoms with Crippen molar-refractivity contribution in [2.24, 2.45) is 0 Å². The minimum atomic E-state index is -0.319. The van der Waals surface area contributed by atoms with Gasteiger partial charge < -0.3 is 4.90 Å². The van der Waals surface area contributed by atoms with E-state index in [9.17, 15) is 9.18 Å². The van der Waals surface area contributed by atoms with Crippen LogP contribution in [0.4, 0.5) is 10.1 Å². The number of hydrogen-bond acceptors (Lipinski definition) is 1. The monoisotopic (exact) mass is 269 g/mol. The lowest BCUT2D eigenvalue weighted by atomic mass is 10.1. The fourth-order valence-corrected chi connectivity index (χ4v) is 2.84. The molecular weight excluding hydrogens is 253 g/mol. The lowest BCUT2D eigenvalue weighted by Crippen LogP contribution is -2.36. The number of para-hydroxylation sites is 1. The molecule has 1 amide bonds. The van der Waals surface area contributed by atoms with Crippen molar-refractivity contribution in [1.82, 2.24) is 0 Å². The summed E-state index contributed by atoms with van der Waals surface area (Å²) in [7, 11) is 0. The van der Waals surface area contributed by atoms with Crippen molar-refractivity contribution < 1.29 is 9.18 Å². The van der Waals surface area contributed by atoms with Crippen molar-refractivity contribution in [3.8, 4) is 0 Å². The van der Waals surface area contributed by atoms with Gasteiger partial charge in [0, 0.05) is 11.7 Å². The molecule has 0 saturated heterocycles. The highest BCUT2D eigenvalue weighted by molar-refractivity contribution is 5.97. The van der Waals surface area contributed by atoms with Crippen LogP contribution in [-0.4, -0.2) is 11.9 Å². The van der Waals surface area contributed by atoms with Crippen LogP contribution in [0.5, 0.6) is 0 Å². The summed E-state index contributed by atoms with van der Waals surface area (Å²) in [6.45, 7) is 2.03. The quantitative estimate of drug-likeness (QED) is 0.818. The van der Waals surface area contributed by atoms with Gasteiger partial charge in [0.2, 0.25) is 5.91 Å². The van der Waals surface area contributed by atoms with Gasteiger partial charge in [0.15, 0.2) is 0 Å². The van der Waals surface area contributed by atoms with Crippen molar-refractivity contribution in [3.63, 3.8) is 0 Å². The number of fused-ring (bicyclic) bond motifs is 1. The molecule has 1 aliphatic heterocycles. The van der Waals surface area contributed by atoms with Crippen LogP contribution in [0.1, 0.15) is 18.1 Å². The molecule has 102 valence electrons. The van der Waals surface area contributed by atoms with E-state index in [1.807, 2.05) is 31.2 Å². The summed E-state index contributed by atoms with van der Waals surface area (Å²) in [6, 6.07) is 14.5. The molecule has 20 heavy (non-hydrogen) atoms. The van der Waals surface area contributed by atoms with Crippen LogP contribution in [0.15, 0.2) is 48.5 Å². The molecule has 0 N–H and O–H groups in total. The van der Waals surface area contributed by atoms with Gasteiger partial charge in [-0.05, 0) is 36.6 Å². The van der Waals surface area contributed by atoms with Crippen LogP contribution in [0.2, 0.25) is 0 Å². The van der Waals surface area contributed by atoms with Crippen molar-refractivity contribution >= 4 is 11.6 Å². The zero-order valence-corrected chi connectivity index (χ0v) is 11.3. The molecule has 0 fully saturated rings. The average Bonchev–Trinajstić information content (AvgIpc) is 2.77. The normalized spacial score (nSPS) is 17.1. The van der Waals surface area contributed by atoms with E-state index in [4.69, 9.17) is 0 Å². The second-order valence-electron chi connectivity index (χ2n) is 5.21. The van der Waals surface area contributed by atoms with Gasteiger partial charge in [0.25, 0.3) is 0 Å². The van der Waals surface area contributed by atoms with Gasteiger partial charge in [-0.25, -0.2) is 4.39 Å². The zero-order chi connectivity index (χ0) is 14.1. The highest BCUT2D eigenvalue weighted by Gasteiger charge is 2.30. The Morgan fingerprint density at radius 3 is 2.70 bits per heavy atom. The molecule has 0 aliphatic carbocycles. The maximum atomic E-state index is 13.7. The van der Waals surface area contributed by atoms with Crippen molar-refractivity contribution in [1.29, 1.82) is 0 Å². The molecule has 3 rings (SSSR count). The minimum Gasteiger partial charge on any atom is -0.309 e. The maximum Gasteiger partial charge on any atom is 0.231 e. The third-order valence-electron chi connectivity index (χ3n) is 3.78. The summed E-state index contributed by atoms with van der Waals surface area (Å²) in [6.07, 6.45) is 0.963. The molecule has 1 heterocycles. The van der Waals surface area contributed by atoms with Crippen molar-refractivity contribution in [3.05, 3.63) is 65.5 Å². The smallest absolute Gasteiger partial charge is 0.231 e. The third kappa shape index (κ3) is 2.20. The second kappa shape index (κ2) is 5.08. The Morgan fingerprint density at radius 1 is 1.20 bits per heavy atom.